The molecule has 0 bridgehead atoms. The fraction of sp³-hybridized carbons (Fsp3) is 0.462. The zero-order chi connectivity index (χ0) is 14.8. The van der Waals surface area contributed by atoms with Crippen LogP contribution in [-0.2, 0) is 11.3 Å². The summed E-state index contributed by atoms with van der Waals surface area (Å²) in [5.74, 6) is -0.966. The highest BCUT2D eigenvalue weighted by Crippen LogP contribution is 2.27. The fourth-order valence-electron chi connectivity index (χ4n) is 2.19. The summed E-state index contributed by atoms with van der Waals surface area (Å²) < 4.78 is 52.6. The van der Waals surface area contributed by atoms with E-state index in [-0.39, 0.29) is 25.1 Å². The number of hydrogen-bond donors (Lipinski definition) is 1. The van der Waals surface area contributed by atoms with Crippen LogP contribution in [0.2, 0.25) is 0 Å². The van der Waals surface area contributed by atoms with Crippen LogP contribution in [0.4, 0.5) is 17.6 Å². The molecule has 1 fully saturated rings. The topological polar surface area (TPSA) is 32.3 Å². The summed E-state index contributed by atoms with van der Waals surface area (Å²) in [4.78, 5) is 12.3. The second kappa shape index (κ2) is 5.78. The van der Waals surface area contributed by atoms with Crippen LogP contribution in [0, 0.1) is 5.82 Å². The van der Waals surface area contributed by atoms with Crippen LogP contribution in [0.3, 0.4) is 0 Å². The number of rotatable bonds is 2. The van der Waals surface area contributed by atoms with E-state index in [0.29, 0.717) is 0 Å². The van der Waals surface area contributed by atoms with Gasteiger partial charge < -0.3 is 5.32 Å². The van der Waals surface area contributed by atoms with E-state index in [1.807, 2.05) is 0 Å². The van der Waals surface area contributed by atoms with Crippen LogP contribution < -0.4 is 5.32 Å². The highest BCUT2D eigenvalue weighted by atomic mass is 19.4. The Hall–Kier alpha value is -1.63. The summed E-state index contributed by atoms with van der Waals surface area (Å²) in [6, 6.07) is 3.91. The largest absolute Gasteiger partial charge is 0.405 e. The Labute approximate surface area is 113 Å². The summed E-state index contributed by atoms with van der Waals surface area (Å²) in [6.45, 7) is -0.729. The Balaban J connectivity index is 2.21. The Kier molecular flexibility index (Phi) is 4.27. The van der Waals surface area contributed by atoms with Crippen LogP contribution in [0.25, 0.3) is 0 Å². The van der Waals surface area contributed by atoms with Gasteiger partial charge in [0.1, 0.15) is 11.9 Å². The van der Waals surface area contributed by atoms with Crippen molar-refractivity contribution in [2.45, 2.75) is 25.2 Å². The average molecular weight is 290 g/mol. The minimum absolute atomic E-state index is 0.0268. The highest BCUT2D eigenvalue weighted by Gasteiger charge is 2.44. The third kappa shape index (κ3) is 3.47. The molecule has 0 aromatic heterocycles. The zero-order valence-corrected chi connectivity index (χ0v) is 10.6. The Morgan fingerprint density at radius 2 is 2.00 bits per heavy atom. The van der Waals surface area contributed by atoms with Crippen molar-refractivity contribution in [3.8, 4) is 0 Å². The summed E-state index contributed by atoms with van der Waals surface area (Å²) in [6.07, 6.45) is -4.50. The van der Waals surface area contributed by atoms with Gasteiger partial charge in [0.15, 0.2) is 0 Å². The highest BCUT2D eigenvalue weighted by molar-refractivity contribution is 5.76. The fourth-order valence-corrected chi connectivity index (χ4v) is 2.19. The maximum atomic E-state index is 13.6. The van der Waals surface area contributed by atoms with E-state index >= 15 is 0 Å². The van der Waals surface area contributed by atoms with Gasteiger partial charge in [0, 0.05) is 31.6 Å². The van der Waals surface area contributed by atoms with Gasteiger partial charge in [-0.25, -0.2) is 4.39 Å². The third-order valence-electron chi connectivity index (χ3n) is 3.27. The van der Waals surface area contributed by atoms with Gasteiger partial charge in [0.25, 0.3) is 0 Å². The first-order chi connectivity index (χ1) is 9.38. The quantitative estimate of drug-likeness (QED) is 0.846. The van der Waals surface area contributed by atoms with Gasteiger partial charge in [-0.2, -0.15) is 13.2 Å². The van der Waals surface area contributed by atoms with Crippen molar-refractivity contribution >= 4 is 5.91 Å². The van der Waals surface area contributed by atoms with Gasteiger partial charge in [-0.05, 0) is 6.07 Å². The molecule has 1 aromatic rings. The molecule has 1 atom stereocenters. The lowest BCUT2D eigenvalue weighted by atomic mass is 10.1. The summed E-state index contributed by atoms with van der Waals surface area (Å²) >= 11 is 0. The van der Waals surface area contributed by atoms with Gasteiger partial charge >= 0.3 is 6.18 Å². The van der Waals surface area contributed by atoms with Crippen molar-refractivity contribution in [1.29, 1.82) is 0 Å². The molecule has 1 aliphatic rings. The third-order valence-corrected chi connectivity index (χ3v) is 3.27. The molecule has 1 aromatic carbocycles. The molecule has 1 N–H and O–H groups in total. The number of carbonyl (C=O) groups excluding carboxylic acids is 1. The van der Waals surface area contributed by atoms with Crippen molar-refractivity contribution < 1.29 is 22.4 Å². The van der Waals surface area contributed by atoms with Crippen molar-refractivity contribution in [3.05, 3.63) is 35.6 Å². The van der Waals surface area contributed by atoms with Crippen molar-refractivity contribution in [3.63, 3.8) is 0 Å². The molecule has 1 amide bonds. The number of nitrogens with one attached hydrogen (secondary N) is 1. The number of amides is 1. The Morgan fingerprint density at radius 1 is 1.30 bits per heavy atom. The molecular formula is C13H14F4N2O. The van der Waals surface area contributed by atoms with E-state index in [2.05, 4.69) is 5.32 Å². The first-order valence-corrected chi connectivity index (χ1v) is 6.19. The molecule has 20 heavy (non-hydrogen) atoms. The van der Waals surface area contributed by atoms with E-state index in [1.54, 1.807) is 6.07 Å². The van der Waals surface area contributed by atoms with E-state index in [1.165, 1.54) is 18.2 Å². The molecule has 1 heterocycles. The van der Waals surface area contributed by atoms with E-state index < -0.39 is 30.5 Å². The van der Waals surface area contributed by atoms with Gasteiger partial charge in [0.2, 0.25) is 5.91 Å². The minimum Gasteiger partial charge on any atom is -0.354 e. The SMILES string of the molecule is O=C1CCN(Cc2ccccc2F)C(C(F)(F)F)CN1. The maximum Gasteiger partial charge on any atom is 0.405 e. The van der Waals surface area contributed by atoms with Crippen LogP contribution in [-0.4, -0.2) is 36.1 Å². The minimum atomic E-state index is -4.47. The molecule has 0 spiro atoms. The van der Waals surface area contributed by atoms with Crippen molar-refractivity contribution in [1.82, 2.24) is 10.2 Å². The second-order valence-electron chi connectivity index (χ2n) is 4.67. The predicted molar refractivity (Wildman–Crippen MR) is 64.3 cm³/mol. The predicted octanol–water partition coefficient (Wildman–Crippen LogP) is 2.08. The van der Waals surface area contributed by atoms with Gasteiger partial charge in [-0.3, -0.25) is 9.69 Å². The van der Waals surface area contributed by atoms with E-state index in [0.717, 1.165) is 4.90 Å². The number of benzene rings is 1. The second-order valence-corrected chi connectivity index (χ2v) is 4.67. The van der Waals surface area contributed by atoms with Crippen LogP contribution in [0.15, 0.2) is 24.3 Å². The lowest BCUT2D eigenvalue weighted by Gasteiger charge is -2.30. The van der Waals surface area contributed by atoms with Gasteiger partial charge in [0.05, 0.1) is 0 Å². The first kappa shape index (κ1) is 14.8. The van der Waals surface area contributed by atoms with E-state index in [4.69, 9.17) is 0 Å². The van der Waals surface area contributed by atoms with Gasteiger partial charge in [-0.1, -0.05) is 18.2 Å². The number of hydrogen-bond acceptors (Lipinski definition) is 2. The van der Waals surface area contributed by atoms with Crippen molar-refractivity contribution in [2.24, 2.45) is 0 Å². The average Bonchev–Trinajstić information content (AvgIpc) is 2.54. The maximum absolute atomic E-state index is 13.6. The normalized spacial score (nSPS) is 21.4. The summed E-state index contributed by atoms with van der Waals surface area (Å²) in [7, 11) is 0. The summed E-state index contributed by atoms with van der Waals surface area (Å²) in [5, 5.41) is 2.24. The molecule has 7 heteroatoms. The lowest BCUT2D eigenvalue weighted by Crippen LogP contribution is -2.49. The van der Waals surface area contributed by atoms with Gasteiger partial charge in [-0.15, -0.1) is 0 Å². The Bertz CT molecular complexity index is 490. The molecule has 3 nitrogen and oxygen atoms in total. The smallest absolute Gasteiger partial charge is 0.354 e. The first-order valence-electron chi connectivity index (χ1n) is 6.19. The molecule has 0 saturated carbocycles. The Morgan fingerprint density at radius 3 is 2.65 bits per heavy atom. The van der Waals surface area contributed by atoms with E-state index in [9.17, 15) is 22.4 Å². The zero-order valence-electron chi connectivity index (χ0n) is 10.6. The molecule has 0 radical (unpaired) electrons. The standard InChI is InChI=1S/C13H14F4N2O/c14-10-4-2-1-3-9(10)8-19-6-5-12(20)18-7-11(19)13(15,16)17/h1-4,11H,5-8H2,(H,18,20). The van der Waals surface area contributed by atoms with Crippen LogP contribution in [0.5, 0.6) is 0 Å². The van der Waals surface area contributed by atoms with Crippen molar-refractivity contribution in [2.75, 3.05) is 13.1 Å². The molecule has 0 aliphatic carbocycles. The van der Waals surface area contributed by atoms with Crippen LogP contribution >= 0.6 is 0 Å². The number of nitrogens with zero attached hydrogens (tertiary/aromatic N) is 1. The summed E-state index contributed by atoms with van der Waals surface area (Å²) in [5.41, 5.74) is 0.191. The molecule has 2 rings (SSSR count). The number of halogens is 4. The molecular weight excluding hydrogens is 276 g/mol. The lowest BCUT2D eigenvalue weighted by molar-refractivity contribution is -0.182. The molecule has 1 unspecified atom stereocenters. The monoisotopic (exact) mass is 290 g/mol. The number of carbonyl (C=O) groups is 1. The molecule has 1 aliphatic heterocycles. The van der Waals surface area contributed by atoms with Crippen LogP contribution in [0.1, 0.15) is 12.0 Å². The molecule has 1 saturated heterocycles. The number of alkyl halides is 3. The molecule has 110 valence electrons.